The van der Waals surface area contributed by atoms with Gasteiger partial charge in [-0.05, 0) is 63.1 Å². The number of para-hydroxylation sites is 1. The molecule has 36 heavy (non-hydrogen) atoms. The van der Waals surface area contributed by atoms with Crippen LogP contribution in [0, 0.1) is 27.7 Å². The smallest absolute Gasteiger partial charge is 0.267 e. The number of thioether (sulfide) groups is 1. The second kappa shape index (κ2) is 9.28. The first-order valence-electron chi connectivity index (χ1n) is 11.7. The molecular weight excluding hydrogens is 470 g/mol. The molecule has 0 saturated carbocycles. The summed E-state index contributed by atoms with van der Waals surface area (Å²) in [5, 5.41) is 9.95. The number of rotatable bonds is 7. The van der Waals surface area contributed by atoms with Gasteiger partial charge in [-0.2, -0.15) is 0 Å². The molecule has 0 N–H and O–H groups in total. The van der Waals surface area contributed by atoms with Crippen LogP contribution in [-0.4, -0.2) is 35.3 Å². The van der Waals surface area contributed by atoms with E-state index >= 15 is 0 Å². The third kappa shape index (κ3) is 3.78. The monoisotopic (exact) mass is 497 g/mol. The standard InChI is InChI=1S/C28H27N5O2S/c1-6-14-31-18(3)15-22(20(31)5)25(34)16-36-28-30-29-27-32(23-13-9-10-17(2)19(23)4)26(35)21-11-7-8-12-24(21)33(27)28/h6-13,15H,1,14,16H2,2-5H3. The molecule has 0 atom stereocenters. The third-order valence-electron chi connectivity index (χ3n) is 6.73. The number of allylic oxidation sites excluding steroid dienone is 1. The van der Waals surface area contributed by atoms with E-state index in [1.165, 1.54) is 11.8 Å². The molecule has 5 rings (SSSR count). The molecule has 8 heteroatoms. The Morgan fingerprint density at radius 2 is 1.83 bits per heavy atom. The Morgan fingerprint density at radius 1 is 1.06 bits per heavy atom. The summed E-state index contributed by atoms with van der Waals surface area (Å²) in [5.74, 6) is 0.648. The van der Waals surface area contributed by atoms with E-state index in [0.29, 0.717) is 33.9 Å². The van der Waals surface area contributed by atoms with Gasteiger partial charge in [-0.15, -0.1) is 16.8 Å². The van der Waals surface area contributed by atoms with Crippen molar-refractivity contribution in [3.05, 3.63) is 99.6 Å². The summed E-state index contributed by atoms with van der Waals surface area (Å²) in [5.41, 5.74) is 6.07. The van der Waals surface area contributed by atoms with Crippen LogP contribution in [0.3, 0.4) is 0 Å². The number of ketones is 1. The first-order chi connectivity index (χ1) is 17.3. The van der Waals surface area contributed by atoms with Crippen LogP contribution in [0.4, 0.5) is 0 Å². The lowest BCUT2D eigenvalue weighted by molar-refractivity contribution is 0.102. The molecule has 0 spiro atoms. The molecule has 182 valence electrons. The largest absolute Gasteiger partial charge is 0.345 e. The molecule has 0 amide bonds. The van der Waals surface area contributed by atoms with Gasteiger partial charge in [0.15, 0.2) is 10.9 Å². The van der Waals surface area contributed by atoms with Crippen molar-refractivity contribution in [1.29, 1.82) is 0 Å². The highest BCUT2D eigenvalue weighted by Gasteiger charge is 2.21. The minimum Gasteiger partial charge on any atom is -0.345 e. The summed E-state index contributed by atoms with van der Waals surface area (Å²) in [6, 6.07) is 15.2. The highest BCUT2D eigenvalue weighted by atomic mass is 32.2. The zero-order valence-electron chi connectivity index (χ0n) is 20.8. The molecule has 2 aromatic carbocycles. The van der Waals surface area contributed by atoms with E-state index in [4.69, 9.17) is 0 Å². The molecule has 7 nitrogen and oxygen atoms in total. The molecule has 0 aliphatic heterocycles. The van der Waals surface area contributed by atoms with Crippen LogP contribution < -0.4 is 5.56 Å². The first kappa shape index (κ1) is 23.8. The number of Topliss-reactive ketones (excluding diaryl/α,β-unsaturated/α-hetero) is 1. The molecule has 5 aromatic rings. The van der Waals surface area contributed by atoms with Gasteiger partial charge in [-0.1, -0.05) is 42.1 Å². The maximum Gasteiger partial charge on any atom is 0.267 e. The Kier molecular flexibility index (Phi) is 6.14. The summed E-state index contributed by atoms with van der Waals surface area (Å²) in [6.45, 7) is 12.4. The van der Waals surface area contributed by atoms with E-state index in [2.05, 4.69) is 21.3 Å². The number of nitrogens with zero attached hydrogens (tertiary/aromatic N) is 5. The van der Waals surface area contributed by atoms with Crippen LogP contribution in [0.5, 0.6) is 0 Å². The van der Waals surface area contributed by atoms with Crippen molar-refractivity contribution in [2.45, 2.75) is 39.4 Å². The molecule has 0 bridgehead atoms. The van der Waals surface area contributed by atoms with Crippen molar-refractivity contribution in [2.75, 3.05) is 5.75 Å². The van der Waals surface area contributed by atoms with Crippen molar-refractivity contribution in [3.8, 4) is 5.69 Å². The summed E-state index contributed by atoms with van der Waals surface area (Å²) in [4.78, 5) is 26.8. The van der Waals surface area contributed by atoms with Gasteiger partial charge in [0.1, 0.15) is 0 Å². The number of aromatic nitrogens is 5. The van der Waals surface area contributed by atoms with E-state index in [9.17, 15) is 9.59 Å². The lowest BCUT2D eigenvalue weighted by Crippen LogP contribution is -2.22. The minimum atomic E-state index is -0.151. The van der Waals surface area contributed by atoms with Crippen LogP contribution in [0.1, 0.15) is 32.9 Å². The van der Waals surface area contributed by atoms with Crippen LogP contribution >= 0.6 is 11.8 Å². The number of fused-ring (bicyclic) bond motifs is 3. The highest BCUT2D eigenvalue weighted by molar-refractivity contribution is 7.99. The van der Waals surface area contributed by atoms with Crippen LogP contribution in [0.25, 0.3) is 22.4 Å². The zero-order chi connectivity index (χ0) is 25.6. The lowest BCUT2D eigenvalue weighted by Gasteiger charge is -2.14. The zero-order valence-corrected chi connectivity index (χ0v) is 21.6. The third-order valence-corrected chi connectivity index (χ3v) is 7.66. The Labute approximate surface area is 213 Å². The SMILES string of the molecule is C=CCn1c(C)cc(C(=O)CSc2nnc3n(-c4cccc(C)c4C)c(=O)c4ccccc4n23)c1C. The molecule has 0 aliphatic rings. The van der Waals surface area contributed by atoms with Crippen LogP contribution in [0.15, 0.2) is 71.1 Å². The second-order valence-corrected chi connectivity index (χ2v) is 9.83. The molecule has 3 aromatic heterocycles. The van der Waals surface area contributed by atoms with Gasteiger partial charge < -0.3 is 4.57 Å². The van der Waals surface area contributed by atoms with Crippen molar-refractivity contribution >= 4 is 34.2 Å². The fourth-order valence-corrected chi connectivity index (χ4v) is 5.49. The van der Waals surface area contributed by atoms with E-state index in [-0.39, 0.29) is 17.1 Å². The fraction of sp³-hybridized carbons (Fsp3) is 0.214. The van der Waals surface area contributed by atoms with Gasteiger partial charge in [-0.25, -0.2) is 4.57 Å². The molecule has 0 unspecified atom stereocenters. The summed E-state index contributed by atoms with van der Waals surface area (Å²) in [7, 11) is 0. The molecule has 0 saturated heterocycles. The van der Waals surface area contributed by atoms with E-state index in [1.54, 1.807) is 4.57 Å². The first-order valence-corrected chi connectivity index (χ1v) is 12.7. The van der Waals surface area contributed by atoms with Crippen molar-refractivity contribution in [3.63, 3.8) is 0 Å². The molecule has 0 radical (unpaired) electrons. The summed E-state index contributed by atoms with van der Waals surface area (Å²) in [6.07, 6.45) is 1.83. The van der Waals surface area contributed by atoms with Crippen molar-refractivity contribution < 1.29 is 4.79 Å². The van der Waals surface area contributed by atoms with Crippen LogP contribution in [-0.2, 0) is 6.54 Å². The normalized spacial score (nSPS) is 11.4. The average molecular weight is 498 g/mol. The maximum absolute atomic E-state index is 13.6. The minimum absolute atomic E-state index is 0.0207. The molecular formula is C28H27N5O2S. The predicted molar refractivity (Wildman–Crippen MR) is 145 cm³/mol. The number of carbonyl (C=O) groups excluding carboxylic acids is 1. The van der Waals surface area contributed by atoms with E-state index < -0.39 is 0 Å². The molecule has 0 fully saturated rings. The Bertz CT molecular complexity index is 1720. The van der Waals surface area contributed by atoms with Crippen molar-refractivity contribution in [1.82, 2.24) is 23.7 Å². The summed E-state index contributed by atoms with van der Waals surface area (Å²) < 4.78 is 5.57. The van der Waals surface area contributed by atoms with Gasteiger partial charge in [0, 0.05) is 23.5 Å². The van der Waals surface area contributed by atoms with Gasteiger partial charge in [0.2, 0.25) is 5.78 Å². The lowest BCUT2D eigenvalue weighted by atomic mass is 10.1. The van der Waals surface area contributed by atoms with Gasteiger partial charge in [0.05, 0.1) is 22.3 Å². The quantitative estimate of drug-likeness (QED) is 0.175. The topological polar surface area (TPSA) is 74.2 Å². The van der Waals surface area contributed by atoms with E-state index in [1.807, 2.05) is 86.7 Å². The Balaban J connectivity index is 1.61. The number of carbonyl (C=O) groups is 1. The Morgan fingerprint density at radius 3 is 2.61 bits per heavy atom. The van der Waals surface area contributed by atoms with E-state index in [0.717, 1.165) is 28.2 Å². The fourth-order valence-electron chi connectivity index (χ4n) is 4.67. The van der Waals surface area contributed by atoms with Gasteiger partial charge >= 0.3 is 0 Å². The number of aryl methyl sites for hydroxylation is 2. The number of hydrogen-bond donors (Lipinski definition) is 0. The van der Waals surface area contributed by atoms with Crippen LogP contribution in [0.2, 0.25) is 0 Å². The molecule has 0 aliphatic carbocycles. The number of hydrogen-bond acceptors (Lipinski definition) is 5. The van der Waals surface area contributed by atoms with Crippen molar-refractivity contribution in [2.24, 2.45) is 0 Å². The van der Waals surface area contributed by atoms with Gasteiger partial charge in [0.25, 0.3) is 5.56 Å². The number of benzene rings is 2. The average Bonchev–Trinajstić information content (AvgIpc) is 3.42. The summed E-state index contributed by atoms with van der Waals surface area (Å²) >= 11 is 1.32. The highest BCUT2D eigenvalue weighted by Crippen LogP contribution is 2.26. The second-order valence-electron chi connectivity index (χ2n) is 8.89. The molecule has 3 heterocycles. The predicted octanol–water partition coefficient (Wildman–Crippen LogP) is 5.23. The van der Waals surface area contributed by atoms with Gasteiger partial charge in [-0.3, -0.25) is 14.0 Å². The maximum atomic E-state index is 13.6. The Hall–Kier alpha value is -3.91.